The molecule has 0 atom stereocenters. The fourth-order valence-corrected chi connectivity index (χ4v) is 3.63. The van der Waals surface area contributed by atoms with Gasteiger partial charge in [-0.2, -0.15) is 0 Å². The summed E-state index contributed by atoms with van der Waals surface area (Å²) in [5.74, 6) is 1.54. The van der Waals surface area contributed by atoms with E-state index in [9.17, 15) is 9.59 Å². The van der Waals surface area contributed by atoms with Crippen molar-refractivity contribution >= 4 is 23.2 Å². The van der Waals surface area contributed by atoms with Crippen molar-refractivity contribution in [2.75, 3.05) is 40.4 Å². The van der Waals surface area contributed by atoms with Crippen LogP contribution < -0.4 is 14.2 Å². The molecule has 0 spiro atoms. The summed E-state index contributed by atoms with van der Waals surface area (Å²) in [7, 11) is 3.13. The first-order valence-electron chi connectivity index (χ1n) is 8.86. The number of hydrogen-bond acceptors (Lipinski definition) is 7. The molecule has 0 bridgehead atoms. The molecule has 1 aliphatic heterocycles. The third kappa shape index (κ3) is 4.36. The lowest BCUT2D eigenvalue weighted by molar-refractivity contribution is -0.130. The molecule has 2 amide bonds. The normalized spacial score (nSPS) is 14.0. The predicted octanol–water partition coefficient (Wildman–Crippen LogP) is 2.04. The molecule has 0 saturated carbocycles. The van der Waals surface area contributed by atoms with Crippen LogP contribution in [0.2, 0.25) is 0 Å². The number of amides is 2. The van der Waals surface area contributed by atoms with E-state index in [1.807, 2.05) is 6.07 Å². The fourth-order valence-electron chi connectivity index (χ4n) is 2.96. The van der Waals surface area contributed by atoms with Crippen molar-refractivity contribution in [1.29, 1.82) is 0 Å². The first-order valence-corrected chi connectivity index (χ1v) is 9.74. The Morgan fingerprint density at radius 3 is 2.25 bits per heavy atom. The molecule has 0 radical (unpaired) electrons. The van der Waals surface area contributed by atoms with Crippen molar-refractivity contribution in [3.63, 3.8) is 0 Å². The van der Waals surface area contributed by atoms with Gasteiger partial charge < -0.3 is 24.0 Å². The Morgan fingerprint density at radius 1 is 1.07 bits per heavy atom. The molecule has 150 valence electrons. The first kappa shape index (κ1) is 19.9. The number of methoxy groups -OCH3 is 2. The Hall–Kier alpha value is -2.81. The van der Waals surface area contributed by atoms with Gasteiger partial charge >= 0.3 is 0 Å². The maximum atomic E-state index is 12.7. The first-order chi connectivity index (χ1) is 13.5. The molecule has 2 aromatic rings. The van der Waals surface area contributed by atoms with Crippen LogP contribution in [-0.4, -0.2) is 67.0 Å². The third-order valence-corrected chi connectivity index (χ3v) is 5.33. The zero-order chi connectivity index (χ0) is 20.1. The van der Waals surface area contributed by atoms with Gasteiger partial charge in [0.15, 0.2) is 11.5 Å². The second kappa shape index (κ2) is 8.92. The number of hydrogen-bond donors (Lipinski definition) is 0. The smallest absolute Gasteiger partial charge is 0.273 e. The number of piperazine rings is 1. The molecule has 9 heteroatoms. The van der Waals surface area contributed by atoms with E-state index in [0.29, 0.717) is 54.1 Å². The van der Waals surface area contributed by atoms with Gasteiger partial charge in [0, 0.05) is 38.5 Å². The van der Waals surface area contributed by atoms with E-state index >= 15 is 0 Å². The minimum Gasteiger partial charge on any atom is -0.493 e. The SMILES string of the molecule is COc1cccc(OC)c1OCc1nc(C(=O)N2CCN(C(C)=O)CC2)cs1. The van der Waals surface area contributed by atoms with Crippen LogP contribution >= 0.6 is 11.3 Å². The van der Waals surface area contributed by atoms with E-state index in [1.54, 1.807) is 48.5 Å². The van der Waals surface area contributed by atoms with Crippen molar-refractivity contribution in [3.05, 3.63) is 34.3 Å². The van der Waals surface area contributed by atoms with Crippen LogP contribution in [0, 0.1) is 0 Å². The predicted molar refractivity (Wildman–Crippen MR) is 104 cm³/mol. The van der Waals surface area contributed by atoms with Gasteiger partial charge in [-0.1, -0.05) is 6.07 Å². The summed E-state index contributed by atoms with van der Waals surface area (Å²) >= 11 is 1.36. The van der Waals surface area contributed by atoms with Crippen LogP contribution in [0.4, 0.5) is 0 Å². The molecule has 1 saturated heterocycles. The highest BCUT2D eigenvalue weighted by Crippen LogP contribution is 2.37. The number of ether oxygens (including phenoxy) is 3. The number of nitrogens with zero attached hydrogens (tertiary/aromatic N) is 3. The molecule has 2 heterocycles. The zero-order valence-corrected chi connectivity index (χ0v) is 17.0. The Kier molecular flexibility index (Phi) is 6.35. The maximum absolute atomic E-state index is 12.7. The molecule has 0 unspecified atom stereocenters. The summed E-state index contributed by atoms with van der Waals surface area (Å²) in [6.07, 6.45) is 0. The minimum atomic E-state index is -0.124. The van der Waals surface area contributed by atoms with Crippen molar-refractivity contribution < 1.29 is 23.8 Å². The fraction of sp³-hybridized carbons (Fsp3) is 0.421. The molecule has 1 fully saturated rings. The van der Waals surface area contributed by atoms with Gasteiger partial charge in [0.2, 0.25) is 11.7 Å². The van der Waals surface area contributed by atoms with Crippen LogP contribution in [0.15, 0.2) is 23.6 Å². The van der Waals surface area contributed by atoms with E-state index in [0.717, 1.165) is 0 Å². The highest BCUT2D eigenvalue weighted by atomic mass is 32.1. The quantitative estimate of drug-likeness (QED) is 0.732. The summed E-state index contributed by atoms with van der Waals surface area (Å²) in [5, 5.41) is 2.41. The molecule has 0 N–H and O–H groups in total. The lowest BCUT2D eigenvalue weighted by Crippen LogP contribution is -2.50. The van der Waals surface area contributed by atoms with Gasteiger partial charge in [-0.05, 0) is 12.1 Å². The Labute approximate surface area is 167 Å². The van der Waals surface area contributed by atoms with Crippen LogP contribution in [0.1, 0.15) is 22.4 Å². The molecule has 1 aromatic heterocycles. The van der Waals surface area contributed by atoms with E-state index in [2.05, 4.69) is 4.98 Å². The highest BCUT2D eigenvalue weighted by Gasteiger charge is 2.25. The second-order valence-corrected chi connectivity index (χ2v) is 7.15. The summed E-state index contributed by atoms with van der Waals surface area (Å²) in [4.78, 5) is 31.9. The average molecular weight is 405 g/mol. The standard InChI is InChI=1S/C19H23N3O5S/c1-13(23)21-7-9-22(10-8-21)19(24)14-12-28-17(20-14)11-27-18-15(25-2)5-4-6-16(18)26-3/h4-6,12H,7-11H2,1-3H3. The largest absolute Gasteiger partial charge is 0.493 e. The van der Waals surface area contributed by atoms with Gasteiger partial charge in [0.05, 0.1) is 14.2 Å². The number of rotatable bonds is 6. The third-order valence-electron chi connectivity index (χ3n) is 4.51. The summed E-state index contributed by atoms with van der Waals surface area (Å²) in [5.41, 5.74) is 0.395. The van der Waals surface area contributed by atoms with Crippen molar-refractivity contribution in [3.8, 4) is 17.2 Å². The van der Waals surface area contributed by atoms with Gasteiger partial charge in [-0.15, -0.1) is 11.3 Å². The number of benzene rings is 1. The number of para-hydroxylation sites is 1. The molecule has 8 nitrogen and oxygen atoms in total. The van der Waals surface area contributed by atoms with E-state index < -0.39 is 0 Å². The second-order valence-electron chi connectivity index (χ2n) is 6.21. The maximum Gasteiger partial charge on any atom is 0.273 e. The zero-order valence-electron chi connectivity index (χ0n) is 16.1. The molecule has 28 heavy (non-hydrogen) atoms. The van der Waals surface area contributed by atoms with Crippen LogP contribution in [-0.2, 0) is 11.4 Å². The summed E-state index contributed by atoms with van der Waals surface area (Å²) < 4.78 is 16.5. The van der Waals surface area contributed by atoms with Crippen LogP contribution in [0.3, 0.4) is 0 Å². The molecule has 0 aliphatic carbocycles. The van der Waals surface area contributed by atoms with E-state index in [4.69, 9.17) is 14.2 Å². The number of aromatic nitrogens is 1. The van der Waals surface area contributed by atoms with Crippen molar-refractivity contribution in [1.82, 2.24) is 14.8 Å². The molecular weight excluding hydrogens is 382 g/mol. The van der Waals surface area contributed by atoms with Gasteiger partial charge in [-0.3, -0.25) is 9.59 Å². The molecular formula is C19H23N3O5S. The summed E-state index contributed by atoms with van der Waals surface area (Å²) in [6.45, 7) is 3.87. The van der Waals surface area contributed by atoms with Gasteiger partial charge in [0.1, 0.15) is 17.3 Å². The van der Waals surface area contributed by atoms with Gasteiger partial charge in [-0.25, -0.2) is 4.98 Å². The lowest BCUT2D eigenvalue weighted by atomic mass is 10.3. The molecule has 3 rings (SSSR count). The van der Waals surface area contributed by atoms with E-state index in [-0.39, 0.29) is 18.4 Å². The van der Waals surface area contributed by atoms with Crippen LogP contribution in [0.5, 0.6) is 17.2 Å². The summed E-state index contributed by atoms with van der Waals surface area (Å²) in [6, 6.07) is 5.39. The monoisotopic (exact) mass is 405 g/mol. The van der Waals surface area contributed by atoms with E-state index in [1.165, 1.54) is 11.3 Å². The molecule has 1 aliphatic rings. The minimum absolute atomic E-state index is 0.0342. The molecule has 1 aromatic carbocycles. The average Bonchev–Trinajstić information content (AvgIpc) is 3.20. The Bertz CT molecular complexity index is 824. The van der Waals surface area contributed by atoms with Gasteiger partial charge in [0.25, 0.3) is 5.91 Å². The highest BCUT2D eigenvalue weighted by molar-refractivity contribution is 7.09. The number of thiazole rings is 1. The lowest BCUT2D eigenvalue weighted by Gasteiger charge is -2.33. The van der Waals surface area contributed by atoms with Crippen molar-refractivity contribution in [2.24, 2.45) is 0 Å². The number of carbonyl (C=O) groups excluding carboxylic acids is 2. The number of carbonyl (C=O) groups is 2. The Morgan fingerprint density at radius 2 is 1.68 bits per heavy atom. The van der Waals surface area contributed by atoms with Crippen molar-refractivity contribution in [2.45, 2.75) is 13.5 Å². The Balaban J connectivity index is 1.62. The van der Waals surface area contributed by atoms with Crippen LogP contribution in [0.25, 0.3) is 0 Å². The topological polar surface area (TPSA) is 81.2 Å².